The molecule has 0 spiro atoms. The summed E-state index contributed by atoms with van der Waals surface area (Å²) in [6.07, 6.45) is -0.172. The number of carbonyl (C=O) groups is 2. The predicted octanol–water partition coefficient (Wildman–Crippen LogP) is 3.34. The zero-order valence-corrected chi connectivity index (χ0v) is 18.7. The number of nitrogens with zero attached hydrogens (tertiary/aromatic N) is 1. The molecule has 160 valence electrons. The number of sulfone groups is 1. The fraction of sp³-hybridized carbons (Fsp3) is 0.333. The summed E-state index contributed by atoms with van der Waals surface area (Å²) < 4.78 is 31.1. The quantitative estimate of drug-likeness (QED) is 0.698. The van der Waals surface area contributed by atoms with E-state index in [-0.39, 0.29) is 34.1 Å². The van der Waals surface area contributed by atoms with E-state index < -0.39 is 9.84 Å². The Balaban J connectivity index is 1.72. The Hall–Kier alpha value is -2.52. The standard InChI is InChI=1S/C21H24N2O5S2/c1-4-28-18-8-6-5-7-17(18)23(3)20(24)11-12-30(26,27)15-9-10-19-16(13-15)22-21(25)14(2)29-19/h5-10,13-14H,4,11-12H2,1-3H3,(H,22,25)/t14-/m0/s1. The Labute approximate surface area is 180 Å². The summed E-state index contributed by atoms with van der Waals surface area (Å²) in [6.45, 7) is 4.10. The first-order valence-corrected chi connectivity index (χ1v) is 12.1. The molecule has 0 unspecified atom stereocenters. The molecule has 7 nitrogen and oxygen atoms in total. The summed E-state index contributed by atoms with van der Waals surface area (Å²) in [5.74, 6) is -0.257. The van der Waals surface area contributed by atoms with Crippen molar-refractivity contribution in [1.29, 1.82) is 0 Å². The number of hydrogen-bond donors (Lipinski definition) is 1. The largest absolute Gasteiger partial charge is 0.492 e. The topological polar surface area (TPSA) is 92.8 Å². The van der Waals surface area contributed by atoms with Crippen molar-refractivity contribution in [2.24, 2.45) is 0 Å². The summed E-state index contributed by atoms with van der Waals surface area (Å²) in [6, 6.07) is 11.8. The maximum Gasteiger partial charge on any atom is 0.237 e. The van der Waals surface area contributed by atoms with Crippen LogP contribution < -0.4 is 15.0 Å². The number of benzene rings is 2. The molecular formula is C21H24N2O5S2. The zero-order chi connectivity index (χ0) is 21.9. The summed E-state index contributed by atoms with van der Waals surface area (Å²) in [5.41, 5.74) is 1.07. The smallest absolute Gasteiger partial charge is 0.237 e. The lowest BCUT2D eigenvalue weighted by Gasteiger charge is -2.22. The highest BCUT2D eigenvalue weighted by atomic mass is 32.2. The van der Waals surface area contributed by atoms with Crippen LogP contribution in [0.25, 0.3) is 0 Å². The minimum absolute atomic E-state index is 0.0851. The van der Waals surface area contributed by atoms with E-state index in [1.807, 2.05) is 13.0 Å². The number of anilines is 2. The molecule has 1 aliphatic heterocycles. The third-order valence-corrected chi connectivity index (χ3v) is 7.62. The van der Waals surface area contributed by atoms with Gasteiger partial charge in [-0.3, -0.25) is 9.59 Å². The van der Waals surface area contributed by atoms with Crippen molar-refractivity contribution in [1.82, 2.24) is 0 Å². The van der Waals surface area contributed by atoms with Crippen LogP contribution in [-0.4, -0.2) is 44.9 Å². The average molecular weight is 449 g/mol. The second-order valence-electron chi connectivity index (χ2n) is 6.83. The maximum atomic E-state index is 12.8. The van der Waals surface area contributed by atoms with Crippen LogP contribution in [-0.2, 0) is 19.4 Å². The van der Waals surface area contributed by atoms with E-state index in [0.717, 1.165) is 4.90 Å². The van der Waals surface area contributed by atoms with Gasteiger partial charge in [0.25, 0.3) is 0 Å². The van der Waals surface area contributed by atoms with E-state index in [1.165, 1.54) is 28.8 Å². The van der Waals surface area contributed by atoms with Crippen molar-refractivity contribution in [3.8, 4) is 5.75 Å². The van der Waals surface area contributed by atoms with Crippen molar-refractivity contribution < 1.29 is 22.7 Å². The van der Waals surface area contributed by atoms with Gasteiger partial charge in [-0.1, -0.05) is 12.1 Å². The molecule has 2 aromatic rings. The van der Waals surface area contributed by atoms with Gasteiger partial charge in [0.15, 0.2) is 9.84 Å². The molecule has 0 radical (unpaired) electrons. The van der Waals surface area contributed by atoms with Crippen molar-refractivity contribution >= 4 is 44.8 Å². The molecule has 3 rings (SSSR count). The lowest BCUT2D eigenvalue weighted by atomic mass is 10.2. The van der Waals surface area contributed by atoms with Gasteiger partial charge in [-0.05, 0) is 44.2 Å². The number of nitrogens with one attached hydrogen (secondary N) is 1. The number of carbonyl (C=O) groups excluding carboxylic acids is 2. The normalized spacial score (nSPS) is 15.8. The molecule has 30 heavy (non-hydrogen) atoms. The molecule has 9 heteroatoms. The predicted molar refractivity (Wildman–Crippen MR) is 118 cm³/mol. The first-order valence-electron chi connectivity index (χ1n) is 9.55. The molecule has 0 saturated heterocycles. The van der Waals surface area contributed by atoms with Crippen LogP contribution in [0.5, 0.6) is 5.75 Å². The lowest BCUT2D eigenvalue weighted by molar-refractivity contribution is -0.118. The van der Waals surface area contributed by atoms with Gasteiger partial charge in [0, 0.05) is 18.4 Å². The fourth-order valence-corrected chi connectivity index (χ4v) is 5.22. The zero-order valence-electron chi connectivity index (χ0n) is 17.0. The molecule has 0 saturated carbocycles. The fourth-order valence-electron chi connectivity index (χ4n) is 3.03. The van der Waals surface area contributed by atoms with E-state index in [9.17, 15) is 18.0 Å². The van der Waals surface area contributed by atoms with Gasteiger partial charge in [-0.2, -0.15) is 0 Å². The SMILES string of the molecule is CCOc1ccccc1N(C)C(=O)CCS(=O)(=O)c1ccc2c(c1)NC(=O)[C@H](C)S2. The minimum Gasteiger partial charge on any atom is -0.492 e. The van der Waals surface area contributed by atoms with Crippen molar-refractivity contribution in [2.75, 3.05) is 29.6 Å². The molecule has 1 heterocycles. The third kappa shape index (κ3) is 4.79. The highest BCUT2D eigenvalue weighted by molar-refractivity contribution is 8.01. The van der Waals surface area contributed by atoms with Gasteiger partial charge in [0.2, 0.25) is 11.8 Å². The second kappa shape index (κ2) is 9.09. The molecule has 1 N–H and O–H groups in total. The van der Waals surface area contributed by atoms with Crippen LogP contribution in [0, 0.1) is 0 Å². The van der Waals surface area contributed by atoms with E-state index in [1.54, 1.807) is 38.2 Å². The summed E-state index contributed by atoms with van der Waals surface area (Å²) >= 11 is 1.38. The van der Waals surface area contributed by atoms with E-state index >= 15 is 0 Å². The maximum absolute atomic E-state index is 12.8. The Morgan fingerprint density at radius 3 is 2.70 bits per heavy atom. The monoisotopic (exact) mass is 448 g/mol. The molecular weight excluding hydrogens is 424 g/mol. The summed E-state index contributed by atoms with van der Waals surface area (Å²) in [4.78, 5) is 26.8. The van der Waals surface area contributed by atoms with Crippen LogP contribution in [0.2, 0.25) is 0 Å². The lowest BCUT2D eigenvalue weighted by Crippen LogP contribution is -2.29. The molecule has 0 aliphatic carbocycles. The Morgan fingerprint density at radius 2 is 1.97 bits per heavy atom. The first kappa shape index (κ1) is 22.2. The van der Waals surface area contributed by atoms with Gasteiger partial charge in [0.1, 0.15) is 5.75 Å². The first-order chi connectivity index (χ1) is 14.2. The highest BCUT2D eigenvalue weighted by Gasteiger charge is 2.26. The van der Waals surface area contributed by atoms with Crippen molar-refractivity contribution in [3.05, 3.63) is 42.5 Å². The van der Waals surface area contributed by atoms with E-state index in [2.05, 4.69) is 5.32 Å². The molecule has 1 atom stereocenters. The van der Waals surface area contributed by atoms with Crippen LogP contribution in [0.15, 0.2) is 52.3 Å². The summed E-state index contributed by atoms with van der Waals surface area (Å²) in [7, 11) is -2.10. The van der Waals surface area contributed by atoms with E-state index in [0.29, 0.717) is 23.7 Å². The summed E-state index contributed by atoms with van der Waals surface area (Å²) in [5, 5.41) is 2.50. The van der Waals surface area contributed by atoms with Crippen LogP contribution >= 0.6 is 11.8 Å². The molecule has 2 aromatic carbocycles. The van der Waals surface area contributed by atoms with Crippen LogP contribution in [0.4, 0.5) is 11.4 Å². The molecule has 1 aliphatic rings. The average Bonchev–Trinajstić information content (AvgIpc) is 2.72. The minimum atomic E-state index is -3.70. The number of para-hydroxylation sites is 2. The number of ether oxygens (including phenoxy) is 1. The number of rotatable bonds is 7. The molecule has 0 bridgehead atoms. The van der Waals surface area contributed by atoms with Crippen LogP contribution in [0.1, 0.15) is 20.3 Å². The van der Waals surface area contributed by atoms with Crippen LogP contribution in [0.3, 0.4) is 0 Å². The Kier molecular flexibility index (Phi) is 6.72. The van der Waals surface area contributed by atoms with Crippen molar-refractivity contribution in [3.63, 3.8) is 0 Å². The third-order valence-electron chi connectivity index (χ3n) is 4.73. The highest BCUT2D eigenvalue weighted by Crippen LogP contribution is 2.37. The molecule has 0 fully saturated rings. The Morgan fingerprint density at radius 1 is 1.23 bits per heavy atom. The van der Waals surface area contributed by atoms with Crippen molar-refractivity contribution in [2.45, 2.75) is 35.3 Å². The van der Waals surface area contributed by atoms with Gasteiger partial charge in [-0.15, -0.1) is 11.8 Å². The molecule has 2 amide bonds. The molecule has 0 aromatic heterocycles. The second-order valence-corrected chi connectivity index (χ2v) is 10.3. The van der Waals surface area contributed by atoms with E-state index in [4.69, 9.17) is 4.74 Å². The number of hydrogen-bond acceptors (Lipinski definition) is 6. The number of thioether (sulfide) groups is 1. The van der Waals surface area contributed by atoms with Gasteiger partial charge in [-0.25, -0.2) is 8.42 Å². The number of amides is 2. The van der Waals surface area contributed by atoms with Gasteiger partial charge >= 0.3 is 0 Å². The number of fused-ring (bicyclic) bond motifs is 1. The Bertz CT molecular complexity index is 1070. The van der Waals surface area contributed by atoms with Gasteiger partial charge < -0.3 is 15.0 Å². The van der Waals surface area contributed by atoms with Gasteiger partial charge in [0.05, 0.1) is 33.9 Å².